The minimum atomic E-state index is -0.672. The SMILES string of the molecule is CC1(CCC(=O)O)CCNCC1.Cc1ccc(-c2ccc(-c3nc4c([nH]3)=CC(C)CC=4)cn2)cn1. The molecule has 0 amide bonds. The van der Waals surface area contributed by atoms with Crippen LogP contribution in [-0.2, 0) is 4.79 Å². The van der Waals surface area contributed by atoms with Gasteiger partial charge in [0.05, 0.1) is 16.4 Å². The summed E-state index contributed by atoms with van der Waals surface area (Å²) >= 11 is 0. The average Bonchev–Trinajstić information content (AvgIpc) is 3.28. The fraction of sp³-hybridized carbons (Fsp3) is 0.429. The van der Waals surface area contributed by atoms with E-state index in [1.807, 2.05) is 37.5 Å². The van der Waals surface area contributed by atoms with Crippen molar-refractivity contribution in [2.45, 2.75) is 52.9 Å². The topological polar surface area (TPSA) is 104 Å². The number of imidazole rings is 1. The second-order valence-electron chi connectivity index (χ2n) is 10.0. The third-order valence-electron chi connectivity index (χ3n) is 6.89. The average molecular weight is 474 g/mol. The number of fused-ring (bicyclic) bond motifs is 1. The Hall–Kier alpha value is -3.32. The molecule has 1 saturated heterocycles. The Morgan fingerprint density at radius 1 is 1.11 bits per heavy atom. The standard InChI is InChI=1S/C19H18N4.C9H17NO2/c1-12-3-7-17-18(9-12)23-19(22-17)15-6-8-16(21-11-15)14-5-4-13(2)20-10-14;1-9(3-2-8(11)12)4-6-10-7-5-9/h4-12H,3H2,1-2H3,(H,22,23);10H,2-7H2,1H3,(H,11,12). The minimum absolute atomic E-state index is 0.267. The second-order valence-corrected chi connectivity index (χ2v) is 10.0. The van der Waals surface area contributed by atoms with Gasteiger partial charge in [-0.3, -0.25) is 14.8 Å². The third kappa shape index (κ3) is 6.63. The number of aromatic amines is 1. The van der Waals surface area contributed by atoms with Crippen molar-refractivity contribution in [3.05, 3.63) is 53.1 Å². The lowest BCUT2D eigenvalue weighted by molar-refractivity contribution is -0.137. The van der Waals surface area contributed by atoms with Crippen LogP contribution in [0.4, 0.5) is 0 Å². The Bertz CT molecular complexity index is 1260. The number of piperidine rings is 1. The lowest BCUT2D eigenvalue weighted by Gasteiger charge is -2.33. The molecule has 184 valence electrons. The number of H-pyrrole nitrogens is 1. The van der Waals surface area contributed by atoms with Crippen LogP contribution in [-0.4, -0.2) is 44.1 Å². The lowest BCUT2D eigenvalue weighted by atomic mass is 9.77. The van der Waals surface area contributed by atoms with Crippen LogP contribution < -0.4 is 16.0 Å². The van der Waals surface area contributed by atoms with Crippen molar-refractivity contribution in [3.8, 4) is 22.6 Å². The Morgan fingerprint density at radius 3 is 2.51 bits per heavy atom. The van der Waals surface area contributed by atoms with Crippen molar-refractivity contribution in [2.75, 3.05) is 13.1 Å². The molecule has 7 nitrogen and oxygen atoms in total. The first-order valence-corrected chi connectivity index (χ1v) is 12.4. The molecular formula is C28H35N5O2. The first-order chi connectivity index (χ1) is 16.8. The maximum Gasteiger partial charge on any atom is 0.303 e. The molecule has 0 bridgehead atoms. The van der Waals surface area contributed by atoms with Crippen LogP contribution in [0.15, 0.2) is 36.7 Å². The van der Waals surface area contributed by atoms with Gasteiger partial charge in [0.25, 0.3) is 0 Å². The van der Waals surface area contributed by atoms with Gasteiger partial charge in [0.2, 0.25) is 0 Å². The van der Waals surface area contributed by atoms with E-state index in [4.69, 9.17) is 5.11 Å². The van der Waals surface area contributed by atoms with Gasteiger partial charge in [-0.2, -0.15) is 0 Å². The Morgan fingerprint density at radius 2 is 1.86 bits per heavy atom. The molecule has 0 aromatic carbocycles. The summed E-state index contributed by atoms with van der Waals surface area (Å²) < 4.78 is 0. The van der Waals surface area contributed by atoms with E-state index in [1.165, 1.54) is 0 Å². The number of aliphatic carboxylic acids is 1. The number of carboxylic acids is 1. The number of aryl methyl sites for hydroxylation is 1. The van der Waals surface area contributed by atoms with E-state index in [0.717, 1.165) is 77.8 Å². The van der Waals surface area contributed by atoms with E-state index in [9.17, 15) is 4.79 Å². The largest absolute Gasteiger partial charge is 0.481 e. The summed E-state index contributed by atoms with van der Waals surface area (Å²) in [5.74, 6) is 0.762. The molecule has 1 fully saturated rings. The zero-order valence-corrected chi connectivity index (χ0v) is 20.8. The molecular weight excluding hydrogens is 438 g/mol. The van der Waals surface area contributed by atoms with Crippen molar-refractivity contribution in [3.63, 3.8) is 0 Å². The number of hydrogen-bond acceptors (Lipinski definition) is 5. The molecule has 7 heteroatoms. The molecule has 0 saturated carbocycles. The first kappa shape index (κ1) is 24.8. The highest BCUT2D eigenvalue weighted by molar-refractivity contribution is 5.66. The molecule has 1 aliphatic carbocycles. The highest BCUT2D eigenvalue weighted by Gasteiger charge is 2.26. The molecule has 1 unspecified atom stereocenters. The van der Waals surface area contributed by atoms with Crippen LogP contribution in [0, 0.1) is 18.3 Å². The second kappa shape index (κ2) is 11.0. The van der Waals surface area contributed by atoms with Crippen LogP contribution in [0.2, 0.25) is 0 Å². The van der Waals surface area contributed by atoms with Gasteiger partial charge >= 0.3 is 5.97 Å². The normalized spacial score (nSPS) is 18.3. The van der Waals surface area contributed by atoms with Gasteiger partial charge < -0.3 is 15.4 Å². The summed E-state index contributed by atoms with van der Waals surface area (Å²) in [4.78, 5) is 27.3. The maximum atomic E-state index is 10.4. The maximum absolute atomic E-state index is 10.4. The van der Waals surface area contributed by atoms with Crippen molar-refractivity contribution >= 4 is 18.1 Å². The zero-order chi connectivity index (χ0) is 24.8. The zero-order valence-electron chi connectivity index (χ0n) is 20.8. The number of hydrogen-bond donors (Lipinski definition) is 3. The van der Waals surface area contributed by atoms with E-state index in [0.29, 0.717) is 12.3 Å². The molecule has 3 aromatic heterocycles. The van der Waals surface area contributed by atoms with Gasteiger partial charge in [-0.25, -0.2) is 4.98 Å². The van der Waals surface area contributed by atoms with Gasteiger partial charge in [0, 0.05) is 35.6 Å². The number of carbonyl (C=O) groups is 1. The number of nitrogens with one attached hydrogen (secondary N) is 2. The molecule has 3 aromatic rings. The van der Waals surface area contributed by atoms with E-state index < -0.39 is 5.97 Å². The number of aromatic nitrogens is 4. The predicted molar refractivity (Wildman–Crippen MR) is 139 cm³/mol. The fourth-order valence-electron chi connectivity index (χ4n) is 4.48. The lowest BCUT2D eigenvalue weighted by Crippen LogP contribution is -2.35. The minimum Gasteiger partial charge on any atom is -0.481 e. The van der Waals surface area contributed by atoms with Crippen molar-refractivity contribution in [1.29, 1.82) is 0 Å². The Labute approximate surface area is 206 Å². The predicted octanol–water partition coefficient (Wildman–Crippen LogP) is 3.68. The van der Waals surface area contributed by atoms with Crippen LogP contribution >= 0.6 is 0 Å². The van der Waals surface area contributed by atoms with Crippen LogP contribution in [0.25, 0.3) is 34.8 Å². The van der Waals surface area contributed by atoms with Crippen LogP contribution in [0.1, 0.15) is 51.6 Å². The molecule has 1 atom stereocenters. The van der Waals surface area contributed by atoms with E-state index in [-0.39, 0.29) is 5.41 Å². The Kier molecular flexibility index (Phi) is 7.76. The molecule has 3 N–H and O–H groups in total. The summed E-state index contributed by atoms with van der Waals surface area (Å²) in [5.41, 5.74) is 4.22. The molecule has 2 aliphatic rings. The monoisotopic (exact) mass is 473 g/mol. The van der Waals surface area contributed by atoms with Gasteiger partial charge in [-0.05, 0) is 81.3 Å². The van der Waals surface area contributed by atoms with Gasteiger partial charge in [-0.15, -0.1) is 0 Å². The van der Waals surface area contributed by atoms with E-state index in [2.05, 4.69) is 57.3 Å². The molecule has 5 rings (SSSR count). The molecule has 4 heterocycles. The quantitative estimate of drug-likeness (QED) is 0.522. The molecule has 35 heavy (non-hydrogen) atoms. The summed E-state index contributed by atoms with van der Waals surface area (Å²) in [6.07, 6.45) is 12.6. The number of rotatable bonds is 5. The summed E-state index contributed by atoms with van der Waals surface area (Å²) in [5, 5.41) is 14.0. The van der Waals surface area contributed by atoms with Crippen LogP contribution in [0.5, 0.6) is 0 Å². The third-order valence-corrected chi connectivity index (χ3v) is 6.89. The molecule has 0 spiro atoms. The van der Waals surface area contributed by atoms with E-state index >= 15 is 0 Å². The first-order valence-electron chi connectivity index (χ1n) is 12.4. The number of nitrogens with zero attached hydrogens (tertiary/aromatic N) is 3. The van der Waals surface area contributed by atoms with E-state index in [1.54, 1.807) is 0 Å². The van der Waals surface area contributed by atoms with Crippen molar-refractivity contribution in [2.24, 2.45) is 11.3 Å². The van der Waals surface area contributed by atoms with Gasteiger partial charge in [0.15, 0.2) is 0 Å². The van der Waals surface area contributed by atoms with Gasteiger partial charge in [0.1, 0.15) is 5.82 Å². The van der Waals surface area contributed by atoms with Crippen molar-refractivity contribution in [1.82, 2.24) is 25.3 Å². The number of pyridine rings is 2. The smallest absolute Gasteiger partial charge is 0.303 e. The highest BCUT2D eigenvalue weighted by atomic mass is 16.4. The molecule has 0 radical (unpaired) electrons. The summed E-state index contributed by atoms with van der Waals surface area (Å²) in [6, 6.07) is 8.11. The highest BCUT2D eigenvalue weighted by Crippen LogP contribution is 2.32. The molecule has 1 aliphatic heterocycles. The summed E-state index contributed by atoms with van der Waals surface area (Å²) in [6.45, 7) is 8.46. The summed E-state index contributed by atoms with van der Waals surface area (Å²) in [7, 11) is 0. The van der Waals surface area contributed by atoms with Gasteiger partial charge in [-0.1, -0.05) is 26.0 Å². The van der Waals surface area contributed by atoms with Crippen LogP contribution in [0.3, 0.4) is 0 Å². The number of carboxylic acid groups (broad SMARTS) is 1. The van der Waals surface area contributed by atoms with Crippen molar-refractivity contribution < 1.29 is 9.90 Å². The fourth-order valence-corrected chi connectivity index (χ4v) is 4.48. The Balaban J connectivity index is 0.000000204.